The highest BCUT2D eigenvalue weighted by Gasteiger charge is 2.37. The maximum absolute atomic E-state index is 13.3. The molecule has 2 aromatic heterocycles. The van der Waals surface area contributed by atoms with E-state index in [0.717, 1.165) is 6.07 Å². The van der Waals surface area contributed by atoms with Crippen LogP contribution >= 0.6 is 0 Å². The molecule has 0 spiro atoms. The number of halogens is 3. The van der Waals surface area contributed by atoms with E-state index < -0.39 is 17.7 Å². The molecule has 1 unspecified atom stereocenters. The molecule has 2 aromatic rings. The van der Waals surface area contributed by atoms with Gasteiger partial charge in [0.15, 0.2) is 5.82 Å². The summed E-state index contributed by atoms with van der Waals surface area (Å²) >= 11 is 0. The lowest BCUT2D eigenvalue weighted by atomic mass is 9.93. The Balaban J connectivity index is 1.72. The number of pyridine rings is 1. The van der Waals surface area contributed by atoms with Crippen LogP contribution in [-0.4, -0.2) is 29.1 Å². The molecular formula is C19H23F3N4O2. The topological polar surface area (TPSA) is 71.3 Å². The summed E-state index contributed by atoms with van der Waals surface area (Å²) in [6.45, 7) is 6.47. The van der Waals surface area contributed by atoms with Crippen LogP contribution in [0.3, 0.4) is 0 Å². The van der Waals surface area contributed by atoms with Gasteiger partial charge < -0.3 is 14.7 Å². The molecule has 1 N–H and O–H groups in total. The van der Waals surface area contributed by atoms with E-state index in [1.165, 1.54) is 17.2 Å². The number of hydrogen-bond donors (Lipinski definition) is 1. The third-order valence-corrected chi connectivity index (χ3v) is 4.68. The zero-order chi connectivity index (χ0) is 20.5. The molecule has 1 amide bonds. The van der Waals surface area contributed by atoms with Crippen LogP contribution in [0.4, 0.5) is 24.8 Å². The van der Waals surface area contributed by atoms with E-state index in [0.29, 0.717) is 31.0 Å². The van der Waals surface area contributed by atoms with Gasteiger partial charge in [-0.25, -0.2) is 4.98 Å². The molecule has 28 heavy (non-hydrogen) atoms. The van der Waals surface area contributed by atoms with Crippen molar-refractivity contribution in [2.45, 2.75) is 45.2 Å². The molecule has 0 radical (unpaired) electrons. The summed E-state index contributed by atoms with van der Waals surface area (Å²) in [5.74, 6) is 0.0516. The Morgan fingerprint density at radius 2 is 2.07 bits per heavy atom. The second kappa shape index (κ2) is 7.44. The van der Waals surface area contributed by atoms with Crippen LogP contribution in [0.25, 0.3) is 0 Å². The first-order valence-corrected chi connectivity index (χ1v) is 9.11. The van der Waals surface area contributed by atoms with Gasteiger partial charge in [-0.15, -0.1) is 0 Å². The molecule has 3 heterocycles. The van der Waals surface area contributed by atoms with Crippen LogP contribution in [-0.2, 0) is 16.4 Å². The first kappa shape index (κ1) is 20.2. The van der Waals surface area contributed by atoms with E-state index in [1.807, 2.05) is 20.8 Å². The molecule has 9 heteroatoms. The molecule has 1 saturated heterocycles. The van der Waals surface area contributed by atoms with Crippen molar-refractivity contribution >= 4 is 17.5 Å². The van der Waals surface area contributed by atoms with Gasteiger partial charge in [-0.2, -0.15) is 13.2 Å². The monoisotopic (exact) mass is 396 g/mol. The largest absolute Gasteiger partial charge is 0.419 e. The van der Waals surface area contributed by atoms with E-state index in [1.54, 1.807) is 6.07 Å². The number of amides is 1. The predicted octanol–water partition coefficient (Wildman–Crippen LogP) is 4.24. The van der Waals surface area contributed by atoms with Gasteiger partial charge in [0.2, 0.25) is 5.91 Å². The van der Waals surface area contributed by atoms with E-state index >= 15 is 0 Å². The molecule has 1 atom stereocenters. The maximum Gasteiger partial charge on any atom is 0.419 e. The predicted molar refractivity (Wildman–Crippen MR) is 98.0 cm³/mol. The highest BCUT2D eigenvalue weighted by atomic mass is 19.4. The summed E-state index contributed by atoms with van der Waals surface area (Å²) in [5, 5.41) is 6.57. The summed E-state index contributed by atoms with van der Waals surface area (Å²) in [6.07, 6.45) is -1.99. The molecular weight excluding hydrogens is 373 g/mol. The maximum atomic E-state index is 13.3. The van der Waals surface area contributed by atoms with Crippen molar-refractivity contribution in [2.24, 2.45) is 5.92 Å². The Morgan fingerprint density at radius 3 is 2.71 bits per heavy atom. The van der Waals surface area contributed by atoms with E-state index in [9.17, 15) is 18.0 Å². The highest BCUT2D eigenvalue weighted by Crippen LogP contribution is 2.36. The number of rotatable bonds is 3. The van der Waals surface area contributed by atoms with Crippen LogP contribution < -0.4 is 10.2 Å². The van der Waals surface area contributed by atoms with Crippen LogP contribution in [0.5, 0.6) is 0 Å². The molecule has 1 fully saturated rings. The Labute approximate surface area is 161 Å². The molecule has 152 valence electrons. The average molecular weight is 396 g/mol. The lowest BCUT2D eigenvalue weighted by Gasteiger charge is -2.34. The minimum Gasteiger partial charge on any atom is -0.359 e. The third-order valence-electron chi connectivity index (χ3n) is 4.68. The lowest BCUT2D eigenvalue weighted by molar-refractivity contribution is -0.137. The first-order chi connectivity index (χ1) is 13.1. The summed E-state index contributed by atoms with van der Waals surface area (Å²) in [4.78, 5) is 18.1. The standard InChI is InChI=1S/C19H23F3N4O2/c1-18(2,3)14-10-15(25-28-14)24-17(27)12-6-5-9-26(11-12)16-13(19(20,21)22)7-4-8-23-16/h4,7-8,10,12H,5-6,9,11H2,1-3H3,(H,24,25,27). The van der Waals surface area contributed by atoms with Crippen LogP contribution in [0.15, 0.2) is 28.9 Å². The van der Waals surface area contributed by atoms with Crippen molar-refractivity contribution in [1.82, 2.24) is 10.1 Å². The molecule has 0 aliphatic carbocycles. The highest BCUT2D eigenvalue weighted by molar-refractivity contribution is 5.92. The molecule has 3 rings (SSSR count). The summed E-state index contributed by atoms with van der Waals surface area (Å²) in [6, 6.07) is 3.94. The van der Waals surface area contributed by atoms with Crippen molar-refractivity contribution < 1.29 is 22.5 Å². The minimum absolute atomic E-state index is 0.135. The number of carbonyl (C=O) groups excluding carboxylic acids is 1. The normalized spacial score (nSPS) is 18.2. The fourth-order valence-electron chi connectivity index (χ4n) is 3.17. The summed E-state index contributed by atoms with van der Waals surface area (Å²) < 4.78 is 45.1. The van der Waals surface area contributed by atoms with Gasteiger partial charge in [0.1, 0.15) is 11.6 Å². The average Bonchev–Trinajstić information content (AvgIpc) is 3.10. The first-order valence-electron chi connectivity index (χ1n) is 9.11. The van der Waals surface area contributed by atoms with Crippen molar-refractivity contribution in [3.8, 4) is 0 Å². The summed E-state index contributed by atoms with van der Waals surface area (Å²) in [5.41, 5.74) is -1.03. The van der Waals surface area contributed by atoms with Crippen LogP contribution in [0.1, 0.15) is 44.9 Å². The molecule has 0 saturated carbocycles. The number of hydrogen-bond acceptors (Lipinski definition) is 5. The Bertz CT molecular complexity index is 842. The number of aromatic nitrogens is 2. The fourth-order valence-corrected chi connectivity index (χ4v) is 3.17. The fraction of sp³-hybridized carbons (Fsp3) is 0.526. The molecule has 1 aliphatic heterocycles. The zero-order valence-corrected chi connectivity index (χ0v) is 16.0. The van der Waals surface area contributed by atoms with Gasteiger partial charge in [-0.1, -0.05) is 25.9 Å². The lowest BCUT2D eigenvalue weighted by Crippen LogP contribution is -2.42. The summed E-state index contributed by atoms with van der Waals surface area (Å²) in [7, 11) is 0. The Hall–Kier alpha value is -2.58. The van der Waals surface area contributed by atoms with Crippen molar-refractivity contribution in [2.75, 3.05) is 23.3 Å². The second-order valence-corrected chi connectivity index (χ2v) is 7.97. The minimum atomic E-state index is -4.50. The Morgan fingerprint density at radius 1 is 1.32 bits per heavy atom. The quantitative estimate of drug-likeness (QED) is 0.840. The number of alkyl halides is 3. The SMILES string of the molecule is CC(C)(C)c1cc(NC(=O)C2CCCN(c3ncccc3C(F)(F)F)C2)no1. The zero-order valence-electron chi connectivity index (χ0n) is 16.0. The number of carbonyl (C=O) groups is 1. The van der Waals surface area contributed by atoms with Gasteiger partial charge in [-0.3, -0.25) is 4.79 Å². The van der Waals surface area contributed by atoms with Gasteiger partial charge in [0, 0.05) is 30.8 Å². The van der Waals surface area contributed by atoms with Gasteiger partial charge in [-0.05, 0) is 25.0 Å². The second-order valence-electron chi connectivity index (χ2n) is 7.97. The Kier molecular flexibility index (Phi) is 5.36. The smallest absolute Gasteiger partial charge is 0.359 e. The van der Waals surface area contributed by atoms with Crippen LogP contribution in [0, 0.1) is 5.92 Å². The van der Waals surface area contributed by atoms with E-state index in [4.69, 9.17) is 4.52 Å². The number of nitrogens with zero attached hydrogens (tertiary/aromatic N) is 3. The molecule has 1 aliphatic rings. The van der Waals surface area contributed by atoms with Crippen LogP contribution in [0.2, 0.25) is 0 Å². The van der Waals surface area contributed by atoms with Crippen molar-refractivity contribution in [1.29, 1.82) is 0 Å². The molecule has 0 aromatic carbocycles. The molecule has 6 nitrogen and oxygen atoms in total. The number of nitrogens with one attached hydrogen (secondary N) is 1. The van der Waals surface area contributed by atoms with Gasteiger partial charge >= 0.3 is 6.18 Å². The van der Waals surface area contributed by atoms with E-state index in [2.05, 4.69) is 15.5 Å². The number of anilines is 2. The van der Waals surface area contributed by atoms with Crippen molar-refractivity contribution in [3.05, 3.63) is 35.7 Å². The van der Waals surface area contributed by atoms with Crippen molar-refractivity contribution in [3.63, 3.8) is 0 Å². The number of piperidine rings is 1. The third kappa shape index (κ3) is 4.45. The van der Waals surface area contributed by atoms with Gasteiger partial charge in [0.25, 0.3) is 0 Å². The molecule has 0 bridgehead atoms. The van der Waals surface area contributed by atoms with Gasteiger partial charge in [0.05, 0.1) is 11.5 Å². The van der Waals surface area contributed by atoms with E-state index in [-0.39, 0.29) is 23.7 Å².